The second-order valence-electron chi connectivity index (χ2n) is 5.95. The molecule has 0 radical (unpaired) electrons. The Morgan fingerprint density at radius 3 is 2.52 bits per heavy atom. The highest BCUT2D eigenvalue weighted by Crippen LogP contribution is 2.36. The van der Waals surface area contributed by atoms with E-state index in [2.05, 4.69) is 10.3 Å². The van der Waals surface area contributed by atoms with Gasteiger partial charge in [0.25, 0.3) is 5.91 Å². The van der Waals surface area contributed by atoms with E-state index in [1.54, 1.807) is 5.51 Å². The first kappa shape index (κ1) is 15.0. The maximum Gasteiger partial charge on any atom is 0.263 e. The fourth-order valence-electron chi connectivity index (χ4n) is 3.20. The lowest BCUT2D eigenvalue weighted by Gasteiger charge is -2.23. The van der Waals surface area contributed by atoms with Crippen LogP contribution in [0.3, 0.4) is 0 Å². The minimum absolute atomic E-state index is 0.0282. The summed E-state index contributed by atoms with van der Waals surface area (Å²) in [6.45, 7) is 0. The molecule has 1 N–H and O–H groups in total. The standard InChI is InChI=1S/C14H20N2O3S2/c17-14(16-11-5-7-21(18,19)8-6-11)13-12(15-9-20-13)10-3-1-2-4-10/h9-11H,1-8H2,(H,16,17). The zero-order valence-electron chi connectivity index (χ0n) is 11.9. The number of amides is 1. The zero-order chi connectivity index (χ0) is 14.9. The molecule has 2 heterocycles. The van der Waals surface area contributed by atoms with Gasteiger partial charge in [-0.15, -0.1) is 11.3 Å². The van der Waals surface area contributed by atoms with Gasteiger partial charge in [0.2, 0.25) is 0 Å². The van der Waals surface area contributed by atoms with Crippen molar-refractivity contribution >= 4 is 27.1 Å². The molecule has 2 fully saturated rings. The van der Waals surface area contributed by atoms with Crippen molar-refractivity contribution in [2.75, 3.05) is 11.5 Å². The minimum atomic E-state index is -2.89. The number of thiazole rings is 1. The van der Waals surface area contributed by atoms with E-state index >= 15 is 0 Å². The monoisotopic (exact) mass is 328 g/mol. The molecule has 0 aromatic carbocycles. The predicted octanol–water partition coefficient (Wildman–Crippen LogP) is 2.11. The molecule has 7 heteroatoms. The van der Waals surface area contributed by atoms with Gasteiger partial charge < -0.3 is 5.32 Å². The Bertz CT molecular complexity index is 604. The van der Waals surface area contributed by atoms with Crippen molar-refractivity contribution in [3.8, 4) is 0 Å². The van der Waals surface area contributed by atoms with E-state index in [-0.39, 0.29) is 23.5 Å². The van der Waals surface area contributed by atoms with Gasteiger partial charge in [-0.3, -0.25) is 4.79 Å². The Morgan fingerprint density at radius 2 is 1.86 bits per heavy atom. The number of aromatic nitrogens is 1. The molecule has 0 atom stereocenters. The van der Waals surface area contributed by atoms with E-state index in [4.69, 9.17) is 0 Å². The number of nitrogens with one attached hydrogen (secondary N) is 1. The molecule has 1 saturated heterocycles. The fourth-order valence-corrected chi connectivity index (χ4v) is 5.47. The van der Waals surface area contributed by atoms with Gasteiger partial charge >= 0.3 is 0 Å². The normalized spacial score (nSPS) is 23.2. The van der Waals surface area contributed by atoms with Crippen molar-refractivity contribution in [2.24, 2.45) is 0 Å². The van der Waals surface area contributed by atoms with Gasteiger partial charge in [0, 0.05) is 12.0 Å². The third-order valence-electron chi connectivity index (χ3n) is 4.43. The number of sulfone groups is 1. The quantitative estimate of drug-likeness (QED) is 0.922. The molecule has 2 aliphatic rings. The van der Waals surface area contributed by atoms with Crippen LogP contribution in [0.1, 0.15) is 59.8 Å². The second-order valence-corrected chi connectivity index (χ2v) is 9.11. The first-order valence-electron chi connectivity index (χ1n) is 7.50. The van der Waals surface area contributed by atoms with Crippen molar-refractivity contribution in [3.63, 3.8) is 0 Å². The molecule has 5 nitrogen and oxygen atoms in total. The molecule has 116 valence electrons. The molecule has 1 amide bonds. The summed E-state index contributed by atoms with van der Waals surface area (Å²) in [5, 5.41) is 2.99. The molecule has 0 unspecified atom stereocenters. The summed E-state index contributed by atoms with van der Waals surface area (Å²) in [5.74, 6) is 0.694. The van der Waals surface area contributed by atoms with Crippen LogP contribution in [0.15, 0.2) is 5.51 Å². The van der Waals surface area contributed by atoms with Crippen molar-refractivity contribution in [3.05, 3.63) is 16.1 Å². The van der Waals surface area contributed by atoms with Gasteiger partial charge in [-0.25, -0.2) is 13.4 Å². The number of carbonyl (C=O) groups is 1. The van der Waals surface area contributed by atoms with E-state index in [0.29, 0.717) is 18.8 Å². The molecule has 21 heavy (non-hydrogen) atoms. The van der Waals surface area contributed by atoms with E-state index in [1.807, 2.05) is 0 Å². The molecule has 0 spiro atoms. The summed E-state index contributed by atoms with van der Waals surface area (Å²) in [4.78, 5) is 17.5. The van der Waals surface area contributed by atoms with Crippen molar-refractivity contribution in [1.29, 1.82) is 0 Å². The number of hydrogen-bond donors (Lipinski definition) is 1. The van der Waals surface area contributed by atoms with Gasteiger partial charge in [0.15, 0.2) is 0 Å². The molecular formula is C14H20N2O3S2. The SMILES string of the molecule is O=C(NC1CCS(=O)(=O)CC1)c1scnc1C1CCCC1. The lowest BCUT2D eigenvalue weighted by molar-refractivity contribution is 0.0936. The van der Waals surface area contributed by atoms with Gasteiger partial charge in [-0.05, 0) is 25.7 Å². The largest absolute Gasteiger partial charge is 0.348 e. The summed E-state index contributed by atoms with van der Waals surface area (Å²) in [6.07, 6.45) is 5.70. The van der Waals surface area contributed by atoms with Gasteiger partial charge in [0.1, 0.15) is 14.7 Å². The van der Waals surface area contributed by atoms with Crippen LogP contribution in [-0.2, 0) is 9.84 Å². The summed E-state index contributed by atoms with van der Waals surface area (Å²) in [7, 11) is -2.89. The fraction of sp³-hybridized carbons (Fsp3) is 0.714. The van der Waals surface area contributed by atoms with E-state index in [0.717, 1.165) is 23.4 Å². The van der Waals surface area contributed by atoms with Gasteiger partial charge in [-0.1, -0.05) is 12.8 Å². The van der Waals surface area contributed by atoms with Crippen molar-refractivity contribution < 1.29 is 13.2 Å². The number of carbonyl (C=O) groups excluding carboxylic acids is 1. The highest BCUT2D eigenvalue weighted by molar-refractivity contribution is 7.91. The highest BCUT2D eigenvalue weighted by Gasteiger charge is 2.28. The molecule has 3 rings (SSSR count). The van der Waals surface area contributed by atoms with Gasteiger partial charge in [0.05, 0.1) is 22.7 Å². The predicted molar refractivity (Wildman–Crippen MR) is 82.5 cm³/mol. The lowest BCUT2D eigenvalue weighted by atomic mass is 10.0. The first-order valence-corrected chi connectivity index (χ1v) is 10.2. The number of hydrogen-bond acceptors (Lipinski definition) is 5. The third-order valence-corrected chi connectivity index (χ3v) is 6.99. The average Bonchev–Trinajstić information content (AvgIpc) is 3.10. The molecule has 0 bridgehead atoms. The summed E-state index contributed by atoms with van der Waals surface area (Å²) in [6, 6.07) is -0.0282. The van der Waals surface area contributed by atoms with E-state index in [1.165, 1.54) is 24.2 Å². The zero-order valence-corrected chi connectivity index (χ0v) is 13.5. The topological polar surface area (TPSA) is 76.1 Å². The Labute approximate surface area is 129 Å². The summed E-state index contributed by atoms with van der Waals surface area (Å²) < 4.78 is 22.8. The molecule has 1 saturated carbocycles. The van der Waals surface area contributed by atoms with Crippen LogP contribution in [0.25, 0.3) is 0 Å². The van der Waals surface area contributed by atoms with Crippen LogP contribution in [-0.4, -0.2) is 36.9 Å². The van der Waals surface area contributed by atoms with E-state index in [9.17, 15) is 13.2 Å². The Hall–Kier alpha value is -0.950. The molecule has 1 aromatic heterocycles. The Balaban J connectivity index is 1.65. The number of nitrogens with zero attached hydrogens (tertiary/aromatic N) is 1. The van der Waals surface area contributed by atoms with Crippen molar-refractivity contribution in [2.45, 2.75) is 50.5 Å². The average molecular weight is 328 g/mol. The van der Waals surface area contributed by atoms with E-state index < -0.39 is 9.84 Å². The molecule has 1 aromatic rings. The smallest absolute Gasteiger partial charge is 0.263 e. The van der Waals surface area contributed by atoms with Crippen LogP contribution < -0.4 is 5.32 Å². The third kappa shape index (κ3) is 3.45. The maximum atomic E-state index is 12.4. The van der Waals surface area contributed by atoms with Crippen LogP contribution in [0.5, 0.6) is 0 Å². The minimum Gasteiger partial charge on any atom is -0.348 e. The van der Waals surface area contributed by atoms with Crippen LogP contribution in [0, 0.1) is 0 Å². The van der Waals surface area contributed by atoms with Crippen LogP contribution in [0.2, 0.25) is 0 Å². The first-order chi connectivity index (χ1) is 10.1. The Kier molecular flexibility index (Phi) is 4.31. The Morgan fingerprint density at radius 1 is 1.19 bits per heavy atom. The summed E-state index contributed by atoms with van der Waals surface area (Å²) in [5.41, 5.74) is 2.69. The van der Waals surface area contributed by atoms with Crippen molar-refractivity contribution in [1.82, 2.24) is 10.3 Å². The number of rotatable bonds is 3. The second kappa shape index (κ2) is 6.04. The van der Waals surface area contributed by atoms with Gasteiger partial charge in [-0.2, -0.15) is 0 Å². The molecule has 1 aliphatic carbocycles. The van der Waals surface area contributed by atoms with Crippen LogP contribution in [0.4, 0.5) is 0 Å². The highest BCUT2D eigenvalue weighted by atomic mass is 32.2. The molecule has 1 aliphatic heterocycles. The van der Waals surface area contributed by atoms with Crippen LogP contribution >= 0.6 is 11.3 Å². The lowest BCUT2D eigenvalue weighted by Crippen LogP contribution is -2.40. The summed E-state index contributed by atoms with van der Waals surface area (Å²) >= 11 is 1.39. The molecular weight excluding hydrogens is 308 g/mol. The maximum absolute atomic E-state index is 12.4.